The fourth-order valence-corrected chi connectivity index (χ4v) is 1.98. The molecule has 2 heteroatoms. The predicted molar refractivity (Wildman–Crippen MR) is 54.5 cm³/mol. The van der Waals surface area contributed by atoms with Gasteiger partial charge in [0.25, 0.3) is 0 Å². The van der Waals surface area contributed by atoms with E-state index in [1.807, 2.05) is 19.1 Å². The van der Waals surface area contributed by atoms with Gasteiger partial charge in [-0.1, -0.05) is 12.2 Å². The van der Waals surface area contributed by atoms with Crippen molar-refractivity contribution in [2.75, 3.05) is 0 Å². The first-order chi connectivity index (χ1) is 5.20. The van der Waals surface area contributed by atoms with Crippen LogP contribution in [0.1, 0.15) is 16.7 Å². The second-order valence-electron chi connectivity index (χ2n) is 2.67. The molecule has 0 bridgehead atoms. The highest BCUT2D eigenvalue weighted by atomic mass is 127. The number of phenols is 1. The molecule has 0 spiro atoms. The zero-order chi connectivity index (χ0) is 8.01. The first kappa shape index (κ1) is 7.16. The summed E-state index contributed by atoms with van der Waals surface area (Å²) in [4.78, 5) is 0. The van der Waals surface area contributed by atoms with Gasteiger partial charge in [-0.05, 0) is 52.3 Å². The molecule has 1 nitrogen and oxygen atoms in total. The maximum Gasteiger partial charge on any atom is 0.132 e. The van der Waals surface area contributed by atoms with Gasteiger partial charge in [-0.3, -0.25) is 0 Å². The zero-order valence-corrected chi connectivity index (χ0v) is 8.21. The lowest BCUT2D eigenvalue weighted by Gasteiger charge is -2.15. The summed E-state index contributed by atoms with van der Waals surface area (Å²) < 4.78 is 0.934. The molecule has 0 unspecified atom stereocenters. The molecule has 2 rings (SSSR count). The SMILES string of the molecule is Cc1c(O)c(I)cc2c1C=C2. The Balaban J connectivity index is 2.74. The minimum absolute atomic E-state index is 0.425. The Bertz CT molecular complexity index is 353. The molecule has 1 aromatic rings. The van der Waals surface area contributed by atoms with Crippen molar-refractivity contribution in [2.24, 2.45) is 0 Å². The lowest BCUT2D eigenvalue weighted by Crippen LogP contribution is -1.95. The first-order valence-corrected chi connectivity index (χ1v) is 4.48. The molecule has 1 aromatic carbocycles. The van der Waals surface area contributed by atoms with E-state index in [1.165, 1.54) is 11.1 Å². The van der Waals surface area contributed by atoms with Gasteiger partial charge in [-0.15, -0.1) is 0 Å². The molecule has 0 aliphatic heterocycles. The van der Waals surface area contributed by atoms with E-state index in [-0.39, 0.29) is 0 Å². The smallest absolute Gasteiger partial charge is 0.132 e. The van der Waals surface area contributed by atoms with Crippen molar-refractivity contribution in [1.29, 1.82) is 0 Å². The minimum Gasteiger partial charge on any atom is -0.507 e. The van der Waals surface area contributed by atoms with E-state index in [0.717, 1.165) is 9.13 Å². The minimum atomic E-state index is 0.425. The molecule has 0 fully saturated rings. The average Bonchev–Trinajstić information content (AvgIpc) is 1.93. The van der Waals surface area contributed by atoms with E-state index in [4.69, 9.17) is 0 Å². The van der Waals surface area contributed by atoms with Crippen LogP contribution in [0.4, 0.5) is 0 Å². The van der Waals surface area contributed by atoms with Crippen LogP contribution >= 0.6 is 22.6 Å². The molecule has 0 heterocycles. The van der Waals surface area contributed by atoms with E-state index in [0.29, 0.717) is 5.75 Å². The number of hydrogen-bond acceptors (Lipinski definition) is 1. The molecule has 1 aliphatic carbocycles. The van der Waals surface area contributed by atoms with Gasteiger partial charge in [0.15, 0.2) is 0 Å². The van der Waals surface area contributed by atoms with Gasteiger partial charge in [-0.2, -0.15) is 0 Å². The first-order valence-electron chi connectivity index (χ1n) is 3.40. The highest BCUT2D eigenvalue weighted by molar-refractivity contribution is 14.1. The van der Waals surface area contributed by atoms with Gasteiger partial charge in [0.05, 0.1) is 3.57 Å². The Morgan fingerprint density at radius 3 is 2.64 bits per heavy atom. The number of fused-ring (bicyclic) bond motifs is 1. The maximum atomic E-state index is 9.50. The van der Waals surface area contributed by atoms with Crippen LogP contribution in [0.2, 0.25) is 0 Å². The summed E-state index contributed by atoms with van der Waals surface area (Å²) in [5.41, 5.74) is 3.42. The largest absolute Gasteiger partial charge is 0.507 e. The molecule has 56 valence electrons. The van der Waals surface area contributed by atoms with E-state index in [1.54, 1.807) is 0 Å². The van der Waals surface area contributed by atoms with Crippen LogP contribution in [-0.4, -0.2) is 5.11 Å². The summed E-state index contributed by atoms with van der Waals surface area (Å²) >= 11 is 2.14. The van der Waals surface area contributed by atoms with Crippen LogP contribution in [0.15, 0.2) is 6.07 Å². The number of benzene rings is 1. The summed E-state index contributed by atoms with van der Waals surface area (Å²) in [6.07, 6.45) is 4.09. The standard InChI is InChI=1S/C9H7IO/c1-5-7-3-2-6(7)4-8(10)9(5)11/h2-4,11H,1H3. The highest BCUT2D eigenvalue weighted by Crippen LogP contribution is 2.35. The number of aromatic hydroxyl groups is 1. The summed E-state index contributed by atoms with van der Waals surface area (Å²) in [5.74, 6) is 0.425. The maximum absolute atomic E-state index is 9.50. The Labute approximate surface area is 78.9 Å². The lowest BCUT2D eigenvalue weighted by atomic mass is 9.93. The second-order valence-corrected chi connectivity index (χ2v) is 3.83. The molecule has 1 aliphatic rings. The van der Waals surface area contributed by atoms with Crippen LogP contribution in [-0.2, 0) is 0 Å². The molecule has 0 saturated heterocycles. The molecule has 0 amide bonds. The molecule has 0 radical (unpaired) electrons. The number of halogens is 1. The van der Waals surface area contributed by atoms with Crippen LogP contribution < -0.4 is 0 Å². The summed E-state index contributed by atoms with van der Waals surface area (Å²) in [6, 6.07) is 2.00. The quantitative estimate of drug-likeness (QED) is 0.720. The van der Waals surface area contributed by atoms with Gasteiger partial charge >= 0.3 is 0 Å². The van der Waals surface area contributed by atoms with Crippen LogP contribution in [0.5, 0.6) is 5.75 Å². The van der Waals surface area contributed by atoms with Crippen molar-refractivity contribution in [3.05, 3.63) is 26.3 Å². The van der Waals surface area contributed by atoms with Gasteiger partial charge in [0.2, 0.25) is 0 Å². The Hall–Kier alpha value is -0.510. The zero-order valence-electron chi connectivity index (χ0n) is 6.06. The predicted octanol–water partition coefficient (Wildman–Crippen LogP) is 2.79. The van der Waals surface area contributed by atoms with Crippen LogP contribution in [0.25, 0.3) is 12.2 Å². The second kappa shape index (κ2) is 2.24. The molecule has 0 saturated carbocycles. The van der Waals surface area contributed by atoms with E-state index >= 15 is 0 Å². The van der Waals surface area contributed by atoms with Crippen molar-refractivity contribution in [3.8, 4) is 5.75 Å². The van der Waals surface area contributed by atoms with Crippen molar-refractivity contribution < 1.29 is 5.11 Å². The molecule has 0 atom stereocenters. The van der Waals surface area contributed by atoms with Gasteiger partial charge in [0, 0.05) is 0 Å². The molecule has 1 N–H and O–H groups in total. The Morgan fingerprint density at radius 1 is 1.36 bits per heavy atom. The number of phenolic OH excluding ortho intramolecular Hbond substituents is 1. The summed E-state index contributed by atoms with van der Waals surface area (Å²) in [5, 5.41) is 9.50. The van der Waals surface area contributed by atoms with Crippen LogP contribution in [0.3, 0.4) is 0 Å². The fraction of sp³-hybridized carbons (Fsp3) is 0.111. The number of hydrogen-bond donors (Lipinski definition) is 1. The third-order valence-electron chi connectivity index (χ3n) is 2.01. The molecular weight excluding hydrogens is 251 g/mol. The van der Waals surface area contributed by atoms with Crippen LogP contribution in [0, 0.1) is 10.5 Å². The average molecular weight is 258 g/mol. The number of rotatable bonds is 0. The van der Waals surface area contributed by atoms with E-state index in [9.17, 15) is 5.11 Å². The van der Waals surface area contributed by atoms with Crippen molar-refractivity contribution >= 4 is 34.7 Å². The molecule has 0 aromatic heterocycles. The van der Waals surface area contributed by atoms with Gasteiger partial charge < -0.3 is 5.11 Å². The summed E-state index contributed by atoms with van der Waals surface area (Å²) in [6.45, 7) is 1.94. The third-order valence-corrected chi connectivity index (χ3v) is 2.83. The normalized spacial score (nSPS) is 12.5. The van der Waals surface area contributed by atoms with E-state index < -0.39 is 0 Å². The highest BCUT2D eigenvalue weighted by Gasteiger charge is 2.13. The van der Waals surface area contributed by atoms with Gasteiger partial charge in [0.1, 0.15) is 5.75 Å². The molecule has 11 heavy (non-hydrogen) atoms. The Morgan fingerprint density at radius 2 is 2.09 bits per heavy atom. The topological polar surface area (TPSA) is 20.2 Å². The third kappa shape index (κ3) is 0.888. The van der Waals surface area contributed by atoms with E-state index in [2.05, 4.69) is 28.7 Å². The lowest BCUT2D eigenvalue weighted by molar-refractivity contribution is 0.467. The monoisotopic (exact) mass is 258 g/mol. The summed E-state index contributed by atoms with van der Waals surface area (Å²) in [7, 11) is 0. The fourth-order valence-electron chi connectivity index (χ4n) is 1.24. The van der Waals surface area contributed by atoms with Crippen molar-refractivity contribution in [3.63, 3.8) is 0 Å². The molecular formula is C9H7IO. The van der Waals surface area contributed by atoms with Crippen molar-refractivity contribution in [1.82, 2.24) is 0 Å². The van der Waals surface area contributed by atoms with Crippen molar-refractivity contribution in [2.45, 2.75) is 6.92 Å². The van der Waals surface area contributed by atoms with Gasteiger partial charge in [-0.25, -0.2) is 0 Å². The Kier molecular flexibility index (Phi) is 1.45.